The largest absolute Gasteiger partial charge is 0.369 e. The summed E-state index contributed by atoms with van der Waals surface area (Å²) >= 11 is 0. The summed E-state index contributed by atoms with van der Waals surface area (Å²) in [7, 11) is 2.17. The predicted molar refractivity (Wildman–Crippen MR) is 125 cm³/mol. The van der Waals surface area contributed by atoms with E-state index in [1.807, 2.05) is 41.5 Å². The maximum atomic E-state index is 4.68. The Balaban J connectivity index is 1.26. The summed E-state index contributed by atoms with van der Waals surface area (Å²) in [5, 5.41) is 4.30. The molecule has 0 amide bonds. The van der Waals surface area contributed by atoms with E-state index in [0.29, 0.717) is 11.7 Å². The Morgan fingerprint density at radius 1 is 1.03 bits per heavy atom. The fourth-order valence-electron chi connectivity index (χ4n) is 4.14. The Bertz CT molecular complexity index is 1400. The van der Waals surface area contributed by atoms with Crippen LogP contribution in [-0.2, 0) is 0 Å². The monoisotopic (exact) mass is 425 g/mol. The zero-order chi connectivity index (χ0) is 21.5. The van der Waals surface area contributed by atoms with E-state index >= 15 is 0 Å². The fourth-order valence-corrected chi connectivity index (χ4v) is 4.14. The molecule has 1 aromatic carbocycles. The lowest BCUT2D eigenvalue weighted by atomic mass is 10.1. The van der Waals surface area contributed by atoms with E-state index in [0.717, 1.165) is 54.0 Å². The molecule has 4 aromatic heterocycles. The van der Waals surface area contributed by atoms with Crippen molar-refractivity contribution < 1.29 is 0 Å². The number of H-pyrrole nitrogens is 1. The van der Waals surface area contributed by atoms with Crippen molar-refractivity contribution in [2.45, 2.75) is 0 Å². The summed E-state index contributed by atoms with van der Waals surface area (Å²) in [6, 6.07) is 8.42. The Morgan fingerprint density at radius 3 is 2.84 bits per heavy atom. The molecular formula is C23H23N9. The first-order valence-corrected chi connectivity index (χ1v) is 10.7. The minimum absolute atomic E-state index is 0.560. The molecule has 2 N–H and O–H groups in total. The van der Waals surface area contributed by atoms with Crippen LogP contribution in [0.5, 0.6) is 0 Å². The van der Waals surface area contributed by atoms with Crippen LogP contribution >= 0.6 is 0 Å². The Morgan fingerprint density at radius 2 is 1.94 bits per heavy atom. The normalized spacial score (nSPS) is 15.0. The SMILES string of the molecule is CN1CCN(c2cccc(Nc3ncc4c(-c5cnc6nccn6c5)c[nH]c4n3)c2)CC1. The Labute approximate surface area is 184 Å². The van der Waals surface area contributed by atoms with E-state index in [9.17, 15) is 0 Å². The van der Waals surface area contributed by atoms with Crippen molar-refractivity contribution in [2.75, 3.05) is 43.4 Å². The van der Waals surface area contributed by atoms with Crippen LogP contribution in [0.3, 0.4) is 0 Å². The molecule has 0 spiro atoms. The first-order chi connectivity index (χ1) is 15.7. The summed E-state index contributed by atoms with van der Waals surface area (Å²) < 4.78 is 1.90. The topological polar surface area (TPSA) is 90.3 Å². The molecule has 9 nitrogen and oxygen atoms in total. The minimum Gasteiger partial charge on any atom is -0.369 e. The van der Waals surface area contributed by atoms with Crippen molar-refractivity contribution in [3.63, 3.8) is 0 Å². The molecule has 32 heavy (non-hydrogen) atoms. The lowest BCUT2D eigenvalue weighted by Crippen LogP contribution is -2.44. The quantitative estimate of drug-likeness (QED) is 0.457. The number of nitrogens with zero attached hydrogens (tertiary/aromatic N) is 7. The van der Waals surface area contributed by atoms with Gasteiger partial charge in [0.25, 0.3) is 0 Å². The third-order valence-electron chi connectivity index (χ3n) is 5.96. The second kappa shape index (κ2) is 7.61. The number of hydrogen-bond acceptors (Lipinski definition) is 7. The number of fused-ring (bicyclic) bond motifs is 2. The number of nitrogens with one attached hydrogen (secondary N) is 2. The smallest absolute Gasteiger partial charge is 0.233 e. The predicted octanol–water partition coefficient (Wildman–Crippen LogP) is 3.16. The standard InChI is InChI=1S/C23H23N9/c1-30-7-9-31(10-8-30)18-4-2-3-17(11-18)28-22-26-14-20-19(13-25-21(20)29-22)16-12-27-23-24-5-6-32(23)15-16/h2-6,11-15H,7-10H2,1H3,(H2,25,26,28,29). The number of piperazine rings is 1. The van der Waals surface area contributed by atoms with Gasteiger partial charge in [-0.05, 0) is 25.2 Å². The summed E-state index contributed by atoms with van der Waals surface area (Å²) in [6.07, 6.45) is 11.2. The Kier molecular flexibility index (Phi) is 4.46. The summed E-state index contributed by atoms with van der Waals surface area (Å²) in [5.41, 5.74) is 4.95. The van der Waals surface area contributed by atoms with Gasteiger partial charge in [-0.2, -0.15) is 4.98 Å². The zero-order valence-electron chi connectivity index (χ0n) is 17.7. The van der Waals surface area contributed by atoms with E-state index in [-0.39, 0.29) is 0 Å². The lowest BCUT2D eigenvalue weighted by Gasteiger charge is -2.34. The molecule has 5 aromatic rings. The molecule has 0 saturated carbocycles. The maximum absolute atomic E-state index is 4.68. The number of rotatable bonds is 4. The first-order valence-electron chi connectivity index (χ1n) is 10.7. The second-order valence-corrected chi connectivity index (χ2v) is 8.10. The van der Waals surface area contributed by atoms with Crippen LogP contribution < -0.4 is 10.2 Å². The van der Waals surface area contributed by atoms with Gasteiger partial charge in [-0.1, -0.05) is 6.07 Å². The van der Waals surface area contributed by atoms with Crippen molar-refractivity contribution in [1.82, 2.24) is 34.2 Å². The van der Waals surface area contributed by atoms with Gasteiger partial charge in [-0.25, -0.2) is 15.0 Å². The van der Waals surface area contributed by atoms with Crippen molar-refractivity contribution in [3.05, 3.63) is 61.4 Å². The van der Waals surface area contributed by atoms with Gasteiger partial charge in [-0.15, -0.1) is 0 Å². The van der Waals surface area contributed by atoms with E-state index < -0.39 is 0 Å². The highest BCUT2D eigenvalue weighted by Gasteiger charge is 2.15. The minimum atomic E-state index is 0.560. The second-order valence-electron chi connectivity index (χ2n) is 8.10. The summed E-state index contributed by atoms with van der Waals surface area (Å²) in [6.45, 7) is 4.23. The molecule has 0 atom stereocenters. The van der Waals surface area contributed by atoms with Gasteiger partial charge in [0.1, 0.15) is 5.65 Å². The van der Waals surface area contributed by atoms with Gasteiger partial charge < -0.3 is 20.1 Å². The number of hydrogen-bond donors (Lipinski definition) is 2. The third-order valence-corrected chi connectivity index (χ3v) is 5.96. The number of aromatic nitrogens is 6. The van der Waals surface area contributed by atoms with Crippen molar-refractivity contribution in [1.29, 1.82) is 0 Å². The van der Waals surface area contributed by atoms with Gasteiger partial charge >= 0.3 is 0 Å². The van der Waals surface area contributed by atoms with Gasteiger partial charge in [0, 0.05) is 91.2 Å². The zero-order valence-corrected chi connectivity index (χ0v) is 17.7. The van der Waals surface area contributed by atoms with Crippen LogP contribution in [0.15, 0.2) is 61.4 Å². The third kappa shape index (κ3) is 3.42. The van der Waals surface area contributed by atoms with Crippen molar-refractivity contribution in [3.8, 4) is 11.1 Å². The highest BCUT2D eigenvalue weighted by molar-refractivity contribution is 5.93. The number of benzene rings is 1. The van der Waals surface area contributed by atoms with Gasteiger partial charge in [0.2, 0.25) is 11.7 Å². The number of aromatic amines is 1. The average Bonchev–Trinajstić information content (AvgIpc) is 3.46. The molecule has 0 radical (unpaired) electrons. The van der Waals surface area contributed by atoms with E-state index in [1.165, 1.54) is 5.69 Å². The van der Waals surface area contributed by atoms with Crippen LogP contribution in [0, 0.1) is 0 Å². The molecular weight excluding hydrogens is 402 g/mol. The molecule has 0 unspecified atom stereocenters. The summed E-state index contributed by atoms with van der Waals surface area (Å²) in [4.78, 5) is 25.9. The molecule has 0 bridgehead atoms. The van der Waals surface area contributed by atoms with E-state index in [2.05, 4.69) is 65.3 Å². The number of anilines is 3. The molecule has 1 aliphatic rings. The number of imidazole rings is 1. The van der Waals surface area contributed by atoms with Crippen LogP contribution in [0.4, 0.5) is 17.3 Å². The van der Waals surface area contributed by atoms with Crippen molar-refractivity contribution in [2.24, 2.45) is 0 Å². The molecule has 9 heteroatoms. The van der Waals surface area contributed by atoms with Gasteiger partial charge in [-0.3, -0.25) is 4.40 Å². The van der Waals surface area contributed by atoms with Crippen molar-refractivity contribution >= 4 is 34.1 Å². The van der Waals surface area contributed by atoms with E-state index in [1.54, 1.807) is 6.20 Å². The Hall–Kier alpha value is -3.98. The van der Waals surface area contributed by atoms with Crippen LogP contribution in [0.25, 0.3) is 27.9 Å². The highest BCUT2D eigenvalue weighted by Crippen LogP contribution is 2.28. The molecule has 1 aliphatic heterocycles. The van der Waals surface area contributed by atoms with Crippen LogP contribution in [-0.4, -0.2) is 67.4 Å². The van der Waals surface area contributed by atoms with Crippen LogP contribution in [0.2, 0.25) is 0 Å². The molecule has 160 valence electrons. The molecule has 1 fully saturated rings. The summed E-state index contributed by atoms with van der Waals surface area (Å²) in [5.74, 6) is 1.24. The van der Waals surface area contributed by atoms with Gasteiger partial charge in [0.15, 0.2) is 0 Å². The fraction of sp³-hybridized carbons (Fsp3) is 0.217. The first kappa shape index (κ1) is 18.8. The molecule has 5 heterocycles. The maximum Gasteiger partial charge on any atom is 0.233 e. The van der Waals surface area contributed by atoms with Gasteiger partial charge in [0.05, 0.1) is 0 Å². The average molecular weight is 426 g/mol. The molecule has 1 saturated heterocycles. The lowest BCUT2D eigenvalue weighted by molar-refractivity contribution is 0.313. The van der Waals surface area contributed by atoms with Crippen LogP contribution in [0.1, 0.15) is 0 Å². The van der Waals surface area contributed by atoms with E-state index in [4.69, 9.17) is 0 Å². The molecule has 6 rings (SSSR count). The highest BCUT2D eigenvalue weighted by atomic mass is 15.2. The number of likely N-dealkylation sites (N-methyl/N-ethyl adjacent to an activating group) is 1. The molecule has 0 aliphatic carbocycles.